The molecular weight excluding hydrogens is 375 g/mol. The summed E-state index contributed by atoms with van der Waals surface area (Å²) in [6, 6.07) is 6.18. The lowest BCUT2D eigenvalue weighted by molar-refractivity contribution is -0.142. The number of guanidine groups is 1. The van der Waals surface area contributed by atoms with Crippen molar-refractivity contribution in [1.29, 1.82) is 0 Å². The van der Waals surface area contributed by atoms with Crippen molar-refractivity contribution in [3.63, 3.8) is 0 Å². The smallest absolute Gasteiger partial charge is 0.357 e. The van der Waals surface area contributed by atoms with Gasteiger partial charge < -0.3 is 10.6 Å². The van der Waals surface area contributed by atoms with Gasteiger partial charge in [-0.05, 0) is 37.3 Å². The van der Waals surface area contributed by atoms with E-state index in [4.69, 9.17) is 0 Å². The van der Waals surface area contributed by atoms with Crippen LogP contribution >= 0.6 is 11.8 Å². The first-order valence-corrected chi connectivity index (χ1v) is 9.72. The average Bonchev–Trinajstić information content (AvgIpc) is 2.99. The average molecular weight is 399 g/mol. The molecule has 9 heteroatoms. The summed E-state index contributed by atoms with van der Waals surface area (Å²) in [5.74, 6) is 0.460. The summed E-state index contributed by atoms with van der Waals surface area (Å²) >= 11 is 1.66. The summed E-state index contributed by atoms with van der Waals surface area (Å²) in [6.07, 6.45) is -1.13. The molecule has 0 aliphatic heterocycles. The van der Waals surface area contributed by atoms with E-state index in [-0.39, 0.29) is 12.1 Å². The quantitative estimate of drug-likeness (QED) is 0.442. The molecule has 1 heterocycles. The molecule has 5 nitrogen and oxygen atoms in total. The molecule has 0 fully saturated rings. The molecule has 2 N–H and O–H groups in total. The first kappa shape index (κ1) is 21.1. The van der Waals surface area contributed by atoms with Crippen molar-refractivity contribution in [2.75, 3.05) is 12.8 Å². The Kier molecular flexibility index (Phi) is 7.18. The Morgan fingerprint density at radius 3 is 2.63 bits per heavy atom. The summed E-state index contributed by atoms with van der Waals surface area (Å²) in [4.78, 5) is 5.45. The fourth-order valence-corrected chi connectivity index (χ4v) is 3.28. The molecule has 0 radical (unpaired) electrons. The van der Waals surface area contributed by atoms with Crippen molar-refractivity contribution in [1.82, 2.24) is 20.4 Å². The summed E-state index contributed by atoms with van der Waals surface area (Å²) in [6.45, 7) is 4.97. The highest BCUT2D eigenvalue weighted by Gasteiger charge is 2.36. The van der Waals surface area contributed by atoms with E-state index in [1.54, 1.807) is 11.8 Å². The van der Waals surface area contributed by atoms with Gasteiger partial charge in [0.1, 0.15) is 0 Å². The molecular formula is C18H24F3N5S. The number of alkyl halides is 3. The number of aromatic nitrogens is 2. The minimum atomic E-state index is -4.49. The van der Waals surface area contributed by atoms with Crippen LogP contribution in [0.5, 0.6) is 0 Å². The van der Waals surface area contributed by atoms with Gasteiger partial charge in [0.25, 0.3) is 0 Å². The second-order valence-corrected chi connectivity index (χ2v) is 6.89. The molecule has 0 spiro atoms. The van der Waals surface area contributed by atoms with Crippen molar-refractivity contribution in [3.05, 3.63) is 46.8 Å². The summed E-state index contributed by atoms with van der Waals surface area (Å²) in [5.41, 5.74) is 1.44. The van der Waals surface area contributed by atoms with Crippen LogP contribution in [0.3, 0.4) is 0 Å². The highest BCUT2D eigenvalue weighted by atomic mass is 32.2. The van der Waals surface area contributed by atoms with Gasteiger partial charge in [0.05, 0.1) is 6.54 Å². The van der Waals surface area contributed by atoms with Gasteiger partial charge in [-0.2, -0.15) is 18.3 Å². The van der Waals surface area contributed by atoms with E-state index < -0.39 is 11.9 Å². The standard InChI is InChI=1S/C18H24F3N5S/c1-5-22-17(23-9-13-7-6-12(2)8-15(13)27-4)24-10-14-11-26(3)25-16(14)18(19,20)21/h6-8,11H,5,9-10H2,1-4H3,(H2,22,23,24). The number of benzene rings is 1. The summed E-state index contributed by atoms with van der Waals surface area (Å²) in [5, 5.41) is 9.75. The zero-order valence-electron chi connectivity index (χ0n) is 15.8. The lowest BCUT2D eigenvalue weighted by atomic mass is 10.1. The Morgan fingerprint density at radius 2 is 2.00 bits per heavy atom. The van der Waals surface area contributed by atoms with E-state index >= 15 is 0 Å². The minimum Gasteiger partial charge on any atom is -0.357 e. The van der Waals surface area contributed by atoms with Gasteiger partial charge in [-0.3, -0.25) is 4.68 Å². The van der Waals surface area contributed by atoms with E-state index in [9.17, 15) is 13.2 Å². The third kappa shape index (κ3) is 5.92. The van der Waals surface area contributed by atoms with Gasteiger partial charge in [-0.15, -0.1) is 11.8 Å². The summed E-state index contributed by atoms with van der Waals surface area (Å²) < 4.78 is 40.3. The van der Waals surface area contributed by atoms with Crippen LogP contribution in [0.25, 0.3) is 0 Å². The number of aliphatic imine (C=N–C) groups is 1. The highest BCUT2D eigenvalue weighted by Crippen LogP contribution is 2.30. The predicted molar refractivity (Wildman–Crippen MR) is 103 cm³/mol. The lowest BCUT2D eigenvalue weighted by Gasteiger charge is -2.14. The monoisotopic (exact) mass is 399 g/mol. The van der Waals surface area contributed by atoms with E-state index in [1.165, 1.54) is 18.8 Å². The second-order valence-electron chi connectivity index (χ2n) is 6.04. The van der Waals surface area contributed by atoms with E-state index in [1.807, 2.05) is 32.2 Å². The molecule has 2 rings (SSSR count). The van der Waals surface area contributed by atoms with Crippen molar-refractivity contribution in [2.45, 2.75) is 38.0 Å². The fourth-order valence-electron chi connectivity index (χ4n) is 2.57. The molecule has 148 valence electrons. The van der Waals surface area contributed by atoms with Crippen molar-refractivity contribution in [3.8, 4) is 0 Å². The molecule has 1 aromatic carbocycles. The minimum absolute atomic E-state index is 0.0438. The van der Waals surface area contributed by atoms with Crippen LogP contribution in [0, 0.1) is 6.92 Å². The van der Waals surface area contributed by atoms with Crippen LogP contribution in [-0.2, 0) is 26.3 Å². The Bertz CT molecular complexity index is 799. The Labute approximate surface area is 161 Å². The van der Waals surface area contributed by atoms with E-state index in [0.29, 0.717) is 19.0 Å². The second kappa shape index (κ2) is 9.16. The first-order chi connectivity index (χ1) is 12.7. The van der Waals surface area contributed by atoms with Crippen molar-refractivity contribution in [2.24, 2.45) is 12.0 Å². The van der Waals surface area contributed by atoms with Gasteiger partial charge in [0.15, 0.2) is 11.7 Å². The highest BCUT2D eigenvalue weighted by molar-refractivity contribution is 7.98. The van der Waals surface area contributed by atoms with Gasteiger partial charge in [0.2, 0.25) is 0 Å². The van der Waals surface area contributed by atoms with Crippen molar-refractivity contribution >= 4 is 17.7 Å². The van der Waals surface area contributed by atoms with Crippen LogP contribution in [-0.4, -0.2) is 28.5 Å². The molecule has 1 aromatic heterocycles. The maximum Gasteiger partial charge on any atom is 0.435 e. The van der Waals surface area contributed by atoms with Gasteiger partial charge in [-0.1, -0.05) is 12.1 Å². The Balaban J connectivity index is 2.14. The zero-order valence-corrected chi connectivity index (χ0v) is 16.6. The van der Waals surface area contributed by atoms with E-state index in [0.717, 1.165) is 15.1 Å². The van der Waals surface area contributed by atoms with Crippen LogP contribution in [0.2, 0.25) is 0 Å². The molecule has 0 aliphatic rings. The van der Waals surface area contributed by atoms with Crippen LogP contribution < -0.4 is 10.6 Å². The molecule has 0 unspecified atom stereocenters. The van der Waals surface area contributed by atoms with Crippen LogP contribution in [0.1, 0.15) is 29.3 Å². The van der Waals surface area contributed by atoms with Gasteiger partial charge in [-0.25, -0.2) is 4.99 Å². The van der Waals surface area contributed by atoms with Crippen LogP contribution in [0.15, 0.2) is 34.3 Å². The molecule has 0 bridgehead atoms. The SMILES string of the molecule is CCNC(=NCc1cn(C)nc1C(F)(F)F)NCc1ccc(C)cc1SC. The normalized spacial score (nSPS) is 12.3. The summed E-state index contributed by atoms with van der Waals surface area (Å²) in [7, 11) is 1.47. The number of aryl methyl sites for hydroxylation is 2. The number of hydrogen-bond acceptors (Lipinski definition) is 3. The van der Waals surface area contributed by atoms with Crippen LogP contribution in [0.4, 0.5) is 13.2 Å². The molecule has 0 amide bonds. The number of rotatable bonds is 6. The van der Waals surface area contributed by atoms with Gasteiger partial charge >= 0.3 is 6.18 Å². The zero-order chi connectivity index (χ0) is 20.0. The number of thioether (sulfide) groups is 1. The van der Waals surface area contributed by atoms with Gasteiger partial charge in [0, 0.05) is 36.8 Å². The van der Waals surface area contributed by atoms with Crippen molar-refractivity contribution < 1.29 is 13.2 Å². The van der Waals surface area contributed by atoms with E-state index in [2.05, 4.69) is 26.8 Å². The number of nitrogens with zero attached hydrogens (tertiary/aromatic N) is 3. The fraction of sp³-hybridized carbons (Fsp3) is 0.444. The largest absolute Gasteiger partial charge is 0.435 e. The third-order valence-electron chi connectivity index (χ3n) is 3.81. The molecule has 0 aliphatic carbocycles. The maximum absolute atomic E-state index is 13.1. The number of halogens is 3. The number of nitrogens with one attached hydrogen (secondary N) is 2. The molecule has 0 saturated carbocycles. The molecule has 0 saturated heterocycles. The number of hydrogen-bond donors (Lipinski definition) is 2. The third-order valence-corrected chi connectivity index (χ3v) is 4.63. The lowest BCUT2D eigenvalue weighted by Crippen LogP contribution is -2.37. The molecule has 27 heavy (non-hydrogen) atoms. The Morgan fingerprint density at radius 1 is 1.26 bits per heavy atom. The Hall–Kier alpha value is -2.16. The topological polar surface area (TPSA) is 54.2 Å². The first-order valence-electron chi connectivity index (χ1n) is 8.50. The predicted octanol–water partition coefficient (Wildman–Crippen LogP) is 3.72. The molecule has 2 aromatic rings. The molecule has 0 atom stereocenters. The maximum atomic E-state index is 13.1.